The van der Waals surface area contributed by atoms with Crippen molar-refractivity contribution in [3.63, 3.8) is 0 Å². The van der Waals surface area contributed by atoms with Crippen molar-refractivity contribution >= 4 is 5.91 Å². The number of aliphatic hydroxyl groups excluding tert-OH is 1. The maximum atomic E-state index is 11.5. The molecule has 0 saturated heterocycles. The lowest BCUT2D eigenvalue weighted by Gasteiger charge is -2.12. The molecule has 0 aromatic rings. The molecule has 1 amide bonds. The molecule has 1 aliphatic carbocycles. The molecule has 1 rings (SSSR count). The van der Waals surface area contributed by atoms with E-state index in [9.17, 15) is 4.79 Å². The average molecular weight is 225 g/mol. The van der Waals surface area contributed by atoms with Gasteiger partial charge in [-0.2, -0.15) is 0 Å². The number of amides is 1. The summed E-state index contributed by atoms with van der Waals surface area (Å²) in [6.07, 6.45) is 10.3. The summed E-state index contributed by atoms with van der Waals surface area (Å²) < 4.78 is 0. The van der Waals surface area contributed by atoms with Crippen LogP contribution in [0.2, 0.25) is 0 Å². The van der Waals surface area contributed by atoms with Crippen LogP contribution in [0.1, 0.15) is 51.4 Å². The summed E-state index contributed by atoms with van der Waals surface area (Å²) in [6, 6.07) is 0. The van der Waals surface area contributed by atoms with Gasteiger partial charge in [-0.3, -0.25) is 4.79 Å². The summed E-state index contributed by atoms with van der Waals surface area (Å²) in [7, 11) is 0. The molecule has 0 aromatic heterocycles. The Morgan fingerprint density at radius 3 is 2.88 bits per heavy atom. The predicted molar refractivity (Wildman–Crippen MR) is 65.1 cm³/mol. The summed E-state index contributed by atoms with van der Waals surface area (Å²) in [4.78, 5) is 11.5. The van der Waals surface area contributed by atoms with E-state index < -0.39 is 0 Å². The van der Waals surface area contributed by atoms with Gasteiger partial charge in [-0.25, -0.2) is 0 Å². The Balaban J connectivity index is 2.04. The van der Waals surface area contributed by atoms with E-state index in [-0.39, 0.29) is 12.5 Å². The van der Waals surface area contributed by atoms with Crippen LogP contribution in [0, 0.1) is 0 Å². The van der Waals surface area contributed by atoms with E-state index >= 15 is 0 Å². The second-order valence-electron chi connectivity index (χ2n) is 4.42. The maximum Gasteiger partial charge on any atom is 0.224 e. The smallest absolute Gasteiger partial charge is 0.224 e. The van der Waals surface area contributed by atoms with E-state index in [1.165, 1.54) is 18.4 Å². The molecule has 0 aromatic carbocycles. The summed E-state index contributed by atoms with van der Waals surface area (Å²) in [5.74, 6) is 0.150. The van der Waals surface area contributed by atoms with Gasteiger partial charge in [-0.15, -0.1) is 0 Å². The number of carbonyl (C=O) groups is 1. The zero-order valence-electron chi connectivity index (χ0n) is 10.0. The molecule has 16 heavy (non-hydrogen) atoms. The lowest BCUT2D eigenvalue weighted by atomic mass is 9.97. The number of aliphatic hydroxyl groups is 1. The number of hydrogen-bond acceptors (Lipinski definition) is 2. The van der Waals surface area contributed by atoms with Crippen LogP contribution in [0.3, 0.4) is 0 Å². The van der Waals surface area contributed by atoms with Crippen LogP contribution in [0.4, 0.5) is 0 Å². The topological polar surface area (TPSA) is 49.3 Å². The summed E-state index contributed by atoms with van der Waals surface area (Å²) in [5.41, 5.74) is 1.30. The van der Waals surface area contributed by atoms with Gasteiger partial charge in [-0.05, 0) is 44.9 Å². The Morgan fingerprint density at radius 1 is 1.31 bits per heavy atom. The normalized spacial score (nSPS) is 15.7. The third-order valence-electron chi connectivity index (χ3n) is 2.93. The van der Waals surface area contributed by atoms with Gasteiger partial charge in [0.2, 0.25) is 5.91 Å². The van der Waals surface area contributed by atoms with Crippen molar-refractivity contribution in [2.24, 2.45) is 0 Å². The third-order valence-corrected chi connectivity index (χ3v) is 2.93. The van der Waals surface area contributed by atoms with Crippen LogP contribution in [-0.2, 0) is 4.79 Å². The fourth-order valence-corrected chi connectivity index (χ4v) is 1.98. The summed E-state index contributed by atoms with van der Waals surface area (Å²) in [6.45, 7) is 0.993. The van der Waals surface area contributed by atoms with Gasteiger partial charge in [-0.1, -0.05) is 11.6 Å². The molecule has 0 aliphatic heterocycles. The standard InChI is InChI=1S/C13H23NO2/c15-10-6-2-5-9-14-13(16)11-12-7-3-1-4-8-12/h7,15H,1-6,8-11H2,(H,14,16). The SMILES string of the molecule is O=C(CC1=CCCCC1)NCCCCCO. The van der Waals surface area contributed by atoms with Crippen LogP contribution in [0.5, 0.6) is 0 Å². The Morgan fingerprint density at radius 2 is 2.19 bits per heavy atom. The fraction of sp³-hybridized carbons (Fsp3) is 0.769. The third kappa shape index (κ3) is 5.91. The first-order valence-corrected chi connectivity index (χ1v) is 6.38. The fourth-order valence-electron chi connectivity index (χ4n) is 1.98. The lowest BCUT2D eigenvalue weighted by Crippen LogP contribution is -2.24. The van der Waals surface area contributed by atoms with Crippen LogP contribution in [0.15, 0.2) is 11.6 Å². The molecule has 1 aliphatic rings. The molecule has 2 N–H and O–H groups in total. The zero-order chi connectivity index (χ0) is 11.6. The van der Waals surface area contributed by atoms with Gasteiger partial charge in [0.1, 0.15) is 0 Å². The average Bonchev–Trinajstić information content (AvgIpc) is 2.30. The number of nitrogens with one attached hydrogen (secondary N) is 1. The van der Waals surface area contributed by atoms with Gasteiger partial charge >= 0.3 is 0 Å². The molecule has 0 unspecified atom stereocenters. The van der Waals surface area contributed by atoms with E-state index in [0.29, 0.717) is 6.42 Å². The van der Waals surface area contributed by atoms with E-state index in [4.69, 9.17) is 5.11 Å². The molecule has 0 atom stereocenters. The minimum absolute atomic E-state index is 0.150. The summed E-state index contributed by atoms with van der Waals surface area (Å²) >= 11 is 0. The van der Waals surface area contributed by atoms with Gasteiger partial charge in [0, 0.05) is 19.6 Å². The van der Waals surface area contributed by atoms with E-state index in [2.05, 4.69) is 11.4 Å². The van der Waals surface area contributed by atoms with Crippen molar-refractivity contribution in [3.8, 4) is 0 Å². The quantitative estimate of drug-likeness (QED) is 0.515. The first-order chi connectivity index (χ1) is 7.83. The molecule has 3 nitrogen and oxygen atoms in total. The van der Waals surface area contributed by atoms with Gasteiger partial charge in [0.15, 0.2) is 0 Å². The van der Waals surface area contributed by atoms with Crippen molar-refractivity contribution < 1.29 is 9.90 Å². The highest BCUT2D eigenvalue weighted by Gasteiger charge is 2.08. The molecule has 0 radical (unpaired) electrons. The van der Waals surface area contributed by atoms with E-state index in [1.807, 2.05) is 0 Å². The summed E-state index contributed by atoms with van der Waals surface area (Å²) in [5, 5.41) is 11.5. The van der Waals surface area contributed by atoms with Gasteiger partial charge in [0.25, 0.3) is 0 Å². The van der Waals surface area contributed by atoms with Crippen LogP contribution in [0.25, 0.3) is 0 Å². The predicted octanol–water partition coefficient (Wildman–Crippen LogP) is 2.16. The van der Waals surface area contributed by atoms with Crippen molar-refractivity contribution in [2.75, 3.05) is 13.2 Å². The Hall–Kier alpha value is -0.830. The largest absolute Gasteiger partial charge is 0.396 e. The molecule has 0 fully saturated rings. The molecule has 92 valence electrons. The first kappa shape index (κ1) is 13.2. The second-order valence-corrected chi connectivity index (χ2v) is 4.42. The highest BCUT2D eigenvalue weighted by molar-refractivity contribution is 5.78. The molecule has 3 heteroatoms. The number of allylic oxidation sites excluding steroid dienone is 1. The molecule has 0 heterocycles. The molecule has 0 saturated carbocycles. The highest BCUT2D eigenvalue weighted by Crippen LogP contribution is 2.19. The van der Waals surface area contributed by atoms with Crippen molar-refractivity contribution in [1.29, 1.82) is 0 Å². The first-order valence-electron chi connectivity index (χ1n) is 6.38. The molecular formula is C13H23NO2. The monoisotopic (exact) mass is 225 g/mol. The minimum Gasteiger partial charge on any atom is -0.396 e. The number of rotatable bonds is 7. The van der Waals surface area contributed by atoms with Gasteiger partial charge < -0.3 is 10.4 Å². The molecule has 0 bridgehead atoms. The van der Waals surface area contributed by atoms with E-state index in [0.717, 1.165) is 38.6 Å². The van der Waals surface area contributed by atoms with Crippen LogP contribution in [-0.4, -0.2) is 24.2 Å². The molecular weight excluding hydrogens is 202 g/mol. The van der Waals surface area contributed by atoms with Gasteiger partial charge in [0.05, 0.1) is 0 Å². The Kier molecular flexibility index (Phi) is 6.90. The van der Waals surface area contributed by atoms with E-state index in [1.54, 1.807) is 0 Å². The van der Waals surface area contributed by atoms with Crippen molar-refractivity contribution in [1.82, 2.24) is 5.32 Å². The number of carbonyl (C=O) groups excluding carboxylic acids is 1. The Labute approximate surface area is 97.9 Å². The Bertz CT molecular complexity index is 236. The zero-order valence-corrected chi connectivity index (χ0v) is 10.0. The van der Waals surface area contributed by atoms with Crippen molar-refractivity contribution in [2.45, 2.75) is 51.4 Å². The maximum absolute atomic E-state index is 11.5. The van der Waals surface area contributed by atoms with Crippen molar-refractivity contribution in [3.05, 3.63) is 11.6 Å². The lowest BCUT2D eigenvalue weighted by molar-refractivity contribution is -0.120. The van der Waals surface area contributed by atoms with Crippen LogP contribution >= 0.6 is 0 Å². The van der Waals surface area contributed by atoms with Crippen LogP contribution < -0.4 is 5.32 Å². The second kappa shape index (κ2) is 8.34. The number of unbranched alkanes of at least 4 members (excludes halogenated alkanes) is 2. The number of hydrogen-bond donors (Lipinski definition) is 2. The molecule has 0 spiro atoms. The highest BCUT2D eigenvalue weighted by atomic mass is 16.2. The minimum atomic E-state index is 0.150.